The van der Waals surface area contributed by atoms with Crippen molar-refractivity contribution in [2.24, 2.45) is 0 Å². The van der Waals surface area contributed by atoms with Crippen LogP contribution < -0.4 is 0 Å². The highest BCUT2D eigenvalue weighted by Gasteiger charge is 2.33. The van der Waals surface area contributed by atoms with Crippen molar-refractivity contribution in [1.29, 1.82) is 0 Å². The quantitative estimate of drug-likeness (QED) is 0.151. The lowest BCUT2D eigenvalue weighted by atomic mass is 9.68. The molecule has 0 unspecified atom stereocenters. The van der Waals surface area contributed by atoms with Crippen LogP contribution in [0.25, 0.3) is 90.6 Å². The predicted molar refractivity (Wildman–Crippen MR) is 277 cm³/mol. The van der Waals surface area contributed by atoms with E-state index in [0.29, 0.717) is 34.9 Å². The minimum atomic E-state index is -0.220. The van der Waals surface area contributed by atoms with Gasteiger partial charge in [-0.2, -0.15) is 0 Å². The van der Waals surface area contributed by atoms with E-state index < -0.39 is 0 Å². The third-order valence-corrected chi connectivity index (χ3v) is 13.4. The number of benzene rings is 8. The summed E-state index contributed by atoms with van der Waals surface area (Å²) >= 11 is 0. The lowest BCUT2D eigenvalue weighted by Gasteiger charge is -2.36. The van der Waals surface area contributed by atoms with Gasteiger partial charge < -0.3 is 0 Å². The Labute approximate surface area is 398 Å². The van der Waals surface area contributed by atoms with Gasteiger partial charge in [0.05, 0.1) is 0 Å². The largest absolute Gasteiger partial charge is 0.208 e. The Bertz CT molecular complexity index is 3120. The lowest BCUT2D eigenvalue weighted by molar-refractivity contribution is 0.611. The molecule has 2 aromatic heterocycles. The summed E-state index contributed by atoms with van der Waals surface area (Å²) in [6.45, 7) is 13.1. The average Bonchev–Trinajstić information content (AvgIpc) is 3.37. The number of hydrogen-bond donors (Lipinski definition) is 0. The molecule has 1 aliphatic carbocycles. The van der Waals surface area contributed by atoms with Crippen LogP contribution >= 0.6 is 0 Å². The van der Waals surface area contributed by atoms with Crippen molar-refractivity contribution in [3.63, 3.8) is 0 Å². The van der Waals surface area contributed by atoms with E-state index in [1.54, 1.807) is 0 Å². The minimum absolute atomic E-state index is 0.220. The second-order valence-corrected chi connectivity index (χ2v) is 18.8. The fraction of sp³-hybridized carbons (Fsp3) is 0.129. The van der Waals surface area contributed by atoms with Crippen LogP contribution in [0.2, 0.25) is 0 Å². The van der Waals surface area contributed by atoms with E-state index in [-0.39, 0.29) is 5.41 Å². The summed E-state index contributed by atoms with van der Waals surface area (Å²) in [5, 5.41) is 0. The number of rotatable bonds is 8. The van der Waals surface area contributed by atoms with Gasteiger partial charge in [-0.05, 0) is 90.8 Å². The van der Waals surface area contributed by atoms with E-state index in [4.69, 9.17) is 29.9 Å². The smallest absolute Gasteiger partial charge is 0.164 e. The Morgan fingerprint density at radius 1 is 0.265 bits per heavy atom. The van der Waals surface area contributed by atoms with Gasteiger partial charge in [0.2, 0.25) is 0 Å². The average molecular weight is 879 g/mol. The SMILES string of the molecule is Cc1ccc(-c2nc(-c3ccc(C)cc3)nc(-c3ccc(-c4ccc5c(c4)C(C)(C)c4cc(-c6ccc(-c7nc(-c8ccc(C)cc8)nc(-c8ccc(C)cc8)n7)cc6)ccc4C5)cc3)n2)cc1. The highest BCUT2D eigenvalue weighted by molar-refractivity contribution is 5.75. The Morgan fingerprint density at radius 3 is 0.721 bits per heavy atom. The fourth-order valence-corrected chi connectivity index (χ4v) is 9.29. The van der Waals surface area contributed by atoms with Gasteiger partial charge in [-0.1, -0.05) is 206 Å². The summed E-state index contributed by atoms with van der Waals surface area (Å²) in [5.41, 5.74) is 20.4. The van der Waals surface area contributed by atoms with Gasteiger partial charge >= 0.3 is 0 Å². The van der Waals surface area contributed by atoms with Crippen molar-refractivity contribution >= 4 is 0 Å². The highest BCUT2D eigenvalue weighted by Crippen LogP contribution is 2.44. The van der Waals surface area contributed by atoms with Crippen molar-refractivity contribution in [1.82, 2.24) is 29.9 Å². The molecule has 0 fully saturated rings. The van der Waals surface area contributed by atoms with Crippen LogP contribution in [-0.4, -0.2) is 29.9 Å². The maximum atomic E-state index is 5.00. The molecule has 0 saturated heterocycles. The molecule has 0 N–H and O–H groups in total. The molecule has 0 amide bonds. The van der Waals surface area contributed by atoms with Crippen LogP contribution in [0.1, 0.15) is 58.4 Å². The van der Waals surface area contributed by atoms with Crippen LogP contribution in [0.5, 0.6) is 0 Å². The van der Waals surface area contributed by atoms with E-state index in [0.717, 1.165) is 50.9 Å². The molecule has 8 aromatic carbocycles. The highest BCUT2D eigenvalue weighted by atomic mass is 15.0. The number of fused-ring (bicyclic) bond motifs is 2. The van der Waals surface area contributed by atoms with Crippen molar-refractivity contribution < 1.29 is 0 Å². The molecule has 328 valence electrons. The summed E-state index contributed by atoms with van der Waals surface area (Å²) in [6, 6.07) is 64.6. The second kappa shape index (κ2) is 17.2. The number of aryl methyl sites for hydroxylation is 4. The molecule has 6 nitrogen and oxygen atoms in total. The van der Waals surface area contributed by atoms with Gasteiger partial charge in [-0.3, -0.25) is 0 Å². The molecule has 2 heterocycles. The molecule has 0 spiro atoms. The molecule has 0 saturated carbocycles. The van der Waals surface area contributed by atoms with Crippen LogP contribution in [-0.2, 0) is 11.8 Å². The summed E-state index contributed by atoms with van der Waals surface area (Å²) in [6.07, 6.45) is 0.893. The first-order valence-corrected chi connectivity index (χ1v) is 23.3. The van der Waals surface area contributed by atoms with Gasteiger partial charge in [-0.25, -0.2) is 29.9 Å². The molecule has 0 radical (unpaired) electrons. The molecule has 68 heavy (non-hydrogen) atoms. The van der Waals surface area contributed by atoms with Crippen molar-refractivity contribution in [2.75, 3.05) is 0 Å². The molecular weight excluding hydrogens is 829 g/mol. The first kappa shape index (κ1) is 42.4. The number of aromatic nitrogens is 6. The standard InChI is InChI=1S/C62H50N6/c1-38-7-15-44(16-8-38)56-63-57(45-17-9-39(2)10-18-45)66-60(65-56)48-27-23-42(24-28-48)50-31-33-52-35-53-34-32-51(37-55(53)62(5,6)54(52)36-50)43-25-29-49(30-26-43)61-67-58(46-19-11-40(3)12-20-46)64-59(68-61)47-21-13-41(4)14-22-47/h7-34,36-37H,35H2,1-6H3. The van der Waals surface area contributed by atoms with Gasteiger partial charge in [0.15, 0.2) is 34.9 Å². The second-order valence-electron chi connectivity index (χ2n) is 18.8. The van der Waals surface area contributed by atoms with Crippen molar-refractivity contribution in [3.8, 4) is 90.6 Å². The first-order chi connectivity index (χ1) is 33.0. The summed E-state index contributed by atoms with van der Waals surface area (Å²) in [7, 11) is 0. The zero-order valence-electron chi connectivity index (χ0n) is 39.2. The lowest BCUT2D eigenvalue weighted by Crippen LogP contribution is -2.27. The molecule has 6 heteroatoms. The molecule has 11 rings (SSSR count). The third-order valence-electron chi connectivity index (χ3n) is 13.4. The monoisotopic (exact) mass is 878 g/mol. The summed E-state index contributed by atoms with van der Waals surface area (Å²) in [5.74, 6) is 3.94. The van der Waals surface area contributed by atoms with E-state index >= 15 is 0 Å². The Hall–Kier alpha value is -8.22. The first-order valence-electron chi connectivity index (χ1n) is 23.3. The Balaban J connectivity index is 0.878. The molecule has 0 bridgehead atoms. The van der Waals surface area contributed by atoms with Gasteiger partial charge in [0, 0.05) is 38.8 Å². The van der Waals surface area contributed by atoms with E-state index in [1.165, 1.54) is 55.6 Å². The van der Waals surface area contributed by atoms with Crippen molar-refractivity contribution in [2.45, 2.75) is 53.4 Å². The maximum Gasteiger partial charge on any atom is 0.164 e. The maximum absolute atomic E-state index is 5.00. The molecule has 0 aliphatic heterocycles. The molecule has 1 aliphatic rings. The minimum Gasteiger partial charge on any atom is -0.208 e. The Morgan fingerprint density at radius 2 is 0.471 bits per heavy atom. The fourth-order valence-electron chi connectivity index (χ4n) is 9.29. The predicted octanol–water partition coefficient (Wildman–Crippen LogP) is 14.9. The molecule has 10 aromatic rings. The topological polar surface area (TPSA) is 77.3 Å². The zero-order valence-corrected chi connectivity index (χ0v) is 39.2. The van der Waals surface area contributed by atoms with Crippen LogP contribution in [0, 0.1) is 27.7 Å². The molecular formula is C62H50N6. The van der Waals surface area contributed by atoms with Crippen LogP contribution in [0.3, 0.4) is 0 Å². The van der Waals surface area contributed by atoms with E-state index in [2.05, 4.69) is 224 Å². The van der Waals surface area contributed by atoms with Gasteiger partial charge in [0.1, 0.15) is 0 Å². The molecule has 0 atom stereocenters. The third kappa shape index (κ3) is 8.30. The Kier molecular flexibility index (Phi) is 10.7. The summed E-state index contributed by atoms with van der Waals surface area (Å²) < 4.78 is 0. The van der Waals surface area contributed by atoms with Crippen LogP contribution in [0.15, 0.2) is 182 Å². The number of nitrogens with zero attached hydrogens (tertiary/aromatic N) is 6. The van der Waals surface area contributed by atoms with Gasteiger partial charge in [-0.15, -0.1) is 0 Å². The van der Waals surface area contributed by atoms with Crippen LogP contribution in [0.4, 0.5) is 0 Å². The van der Waals surface area contributed by atoms with Crippen molar-refractivity contribution in [3.05, 3.63) is 226 Å². The normalized spacial score (nSPS) is 12.6. The zero-order chi connectivity index (χ0) is 46.5. The number of hydrogen-bond acceptors (Lipinski definition) is 6. The van der Waals surface area contributed by atoms with E-state index in [1.807, 2.05) is 0 Å². The summed E-state index contributed by atoms with van der Waals surface area (Å²) in [4.78, 5) is 29.8. The van der Waals surface area contributed by atoms with Gasteiger partial charge in [0.25, 0.3) is 0 Å². The van der Waals surface area contributed by atoms with E-state index in [9.17, 15) is 0 Å².